The van der Waals surface area contributed by atoms with Crippen LogP contribution in [0.25, 0.3) is 0 Å². The second-order valence-electron chi connectivity index (χ2n) is 5.07. The summed E-state index contributed by atoms with van der Waals surface area (Å²) in [6.45, 7) is 1.94. The average molecular weight is 248 g/mol. The lowest BCUT2D eigenvalue weighted by Crippen LogP contribution is -2.41. The zero-order valence-corrected chi connectivity index (χ0v) is 11.4. The van der Waals surface area contributed by atoms with Crippen molar-refractivity contribution in [2.24, 2.45) is 0 Å². The molecule has 0 bridgehead atoms. The van der Waals surface area contributed by atoms with E-state index in [1.165, 1.54) is 6.26 Å². The van der Waals surface area contributed by atoms with Gasteiger partial charge in [0.25, 0.3) is 0 Å². The van der Waals surface area contributed by atoms with Crippen LogP contribution in [0.15, 0.2) is 0 Å². The Morgan fingerprint density at radius 3 is 2.56 bits per heavy atom. The molecule has 0 aromatic heterocycles. The van der Waals surface area contributed by atoms with Gasteiger partial charge in [0.15, 0.2) is 0 Å². The maximum atomic E-state index is 11.5. The molecule has 96 valence electrons. The van der Waals surface area contributed by atoms with Crippen molar-refractivity contribution < 1.29 is 8.42 Å². The molecule has 1 aliphatic carbocycles. The zero-order valence-electron chi connectivity index (χ0n) is 10.6. The minimum absolute atomic E-state index is 0.127. The van der Waals surface area contributed by atoms with Gasteiger partial charge in [-0.3, -0.25) is 0 Å². The molecular formula is C11H24N2O2S. The molecule has 1 saturated carbocycles. The summed E-state index contributed by atoms with van der Waals surface area (Å²) in [5.41, 5.74) is 0. The number of nitrogens with zero attached hydrogens (tertiary/aromatic N) is 1. The molecule has 1 N–H and O–H groups in total. The molecule has 1 aliphatic rings. The fourth-order valence-electron chi connectivity index (χ4n) is 2.21. The largest absolute Gasteiger partial charge is 0.313 e. The molecular weight excluding hydrogens is 224 g/mol. The van der Waals surface area contributed by atoms with Crippen LogP contribution in [0.1, 0.15) is 25.7 Å². The van der Waals surface area contributed by atoms with Gasteiger partial charge in [-0.25, -0.2) is 8.42 Å². The molecule has 5 heteroatoms. The highest BCUT2D eigenvalue weighted by molar-refractivity contribution is 7.91. The Labute approximate surface area is 99.3 Å². The summed E-state index contributed by atoms with van der Waals surface area (Å²) in [5, 5.41) is 3.32. The molecule has 4 nitrogen and oxygen atoms in total. The standard InChI is InChI=1S/C11H24N2O2S/c1-13(2)8-7-12-10-5-4-6-11(9-10)16(3,14)15/h10-12H,4-9H2,1-3H3. The van der Waals surface area contributed by atoms with Crippen molar-refractivity contribution in [3.63, 3.8) is 0 Å². The SMILES string of the molecule is CN(C)CCNC1CCCC(S(C)(=O)=O)C1. The van der Waals surface area contributed by atoms with Crippen molar-refractivity contribution in [1.29, 1.82) is 0 Å². The maximum absolute atomic E-state index is 11.5. The van der Waals surface area contributed by atoms with Crippen molar-refractivity contribution in [3.05, 3.63) is 0 Å². The van der Waals surface area contributed by atoms with E-state index in [-0.39, 0.29) is 5.25 Å². The Bertz CT molecular complexity index is 301. The van der Waals surface area contributed by atoms with Gasteiger partial charge in [-0.2, -0.15) is 0 Å². The first-order valence-corrected chi connectivity index (χ1v) is 7.92. The third-order valence-electron chi connectivity index (χ3n) is 3.22. The summed E-state index contributed by atoms with van der Waals surface area (Å²) in [7, 11) is 1.24. The lowest BCUT2D eigenvalue weighted by Gasteiger charge is -2.29. The highest BCUT2D eigenvalue weighted by Gasteiger charge is 2.28. The molecule has 2 unspecified atom stereocenters. The molecule has 0 spiro atoms. The van der Waals surface area contributed by atoms with Crippen LogP contribution in [0.4, 0.5) is 0 Å². The first-order chi connectivity index (χ1) is 7.39. The molecule has 1 rings (SSSR count). The third-order valence-corrected chi connectivity index (χ3v) is 4.86. The molecule has 16 heavy (non-hydrogen) atoms. The van der Waals surface area contributed by atoms with Gasteiger partial charge in [0.1, 0.15) is 9.84 Å². The summed E-state index contributed by atoms with van der Waals surface area (Å²) in [6.07, 6.45) is 5.12. The van der Waals surface area contributed by atoms with Crippen LogP contribution in [0.5, 0.6) is 0 Å². The second kappa shape index (κ2) is 5.98. The average Bonchev–Trinajstić information content (AvgIpc) is 2.16. The van der Waals surface area contributed by atoms with Gasteiger partial charge in [0, 0.05) is 25.4 Å². The third kappa shape index (κ3) is 4.80. The predicted octanol–water partition coefficient (Wildman–Crippen LogP) is 0.493. The van der Waals surface area contributed by atoms with Gasteiger partial charge in [-0.15, -0.1) is 0 Å². The molecule has 0 aromatic carbocycles. The van der Waals surface area contributed by atoms with Crippen molar-refractivity contribution in [2.45, 2.75) is 37.0 Å². The van der Waals surface area contributed by atoms with Crippen LogP contribution in [-0.2, 0) is 9.84 Å². The number of hydrogen-bond donors (Lipinski definition) is 1. The number of nitrogens with one attached hydrogen (secondary N) is 1. The fourth-order valence-corrected chi connectivity index (χ4v) is 3.39. The van der Waals surface area contributed by atoms with Crippen molar-refractivity contribution in [3.8, 4) is 0 Å². The van der Waals surface area contributed by atoms with Crippen LogP contribution >= 0.6 is 0 Å². The van der Waals surface area contributed by atoms with E-state index in [4.69, 9.17) is 0 Å². The molecule has 0 saturated heterocycles. The Hall–Kier alpha value is -0.130. The number of likely N-dealkylation sites (N-methyl/N-ethyl adjacent to an activating group) is 1. The molecule has 0 amide bonds. The minimum Gasteiger partial charge on any atom is -0.313 e. The summed E-state index contributed by atoms with van der Waals surface area (Å²) in [6, 6.07) is 0.383. The topological polar surface area (TPSA) is 49.4 Å². The molecule has 0 radical (unpaired) electrons. The number of rotatable bonds is 5. The lowest BCUT2D eigenvalue weighted by atomic mass is 9.95. The van der Waals surface area contributed by atoms with Gasteiger partial charge in [-0.1, -0.05) is 6.42 Å². The van der Waals surface area contributed by atoms with Crippen molar-refractivity contribution in [2.75, 3.05) is 33.4 Å². The van der Waals surface area contributed by atoms with E-state index >= 15 is 0 Å². The van der Waals surface area contributed by atoms with E-state index < -0.39 is 9.84 Å². The highest BCUT2D eigenvalue weighted by atomic mass is 32.2. The molecule has 0 aliphatic heterocycles. The first-order valence-electron chi connectivity index (χ1n) is 5.96. The normalized spacial score (nSPS) is 27.2. The van der Waals surface area contributed by atoms with Crippen molar-refractivity contribution >= 4 is 9.84 Å². The van der Waals surface area contributed by atoms with Crippen LogP contribution in [0.3, 0.4) is 0 Å². The number of hydrogen-bond acceptors (Lipinski definition) is 4. The number of sulfone groups is 1. The fraction of sp³-hybridized carbons (Fsp3) is 1.00. The van der Waals surface area contributed by atoms with E-state index in [0.29, 0.717) is 6.04 Å². The van der Waals surface area contributed by atoms with Gasteiger partial charge >= 0.3 is 0 Å². The second-order valence-corrected chi connectivity index (χ2v) is 7.40. The van der Waals surface area contributed by atoms with Crippen LogP contribution < -0.4 is 5.32 Å². The Kier molecular flexibility index (Phi) is 5.21. The quantitative estimate of drug-likeness (QED) is 0.769. The van der Waals surface area contributed by atoms with Crippen LogP contribution in [0, 0.1) is 0 Å². The van der Waals surface area contributed by atoms with Crippen molar-refractivity contribution in [1.82, 2.24) is 10.2 Å². The molecule has 1 fully saturated rings. The maximum Gasteiger partial charge on any atom is 0.150 e. The van der Waals surface area contributed by atoms with Crippen LogP contribution in [0.2, 0.25) is 0 Å². The minimum atomic E-state index is -2.85. The van der Waals surface area contributed by atoms with E-state index in [2.05, 4.69) is 10.2 Å². The van der Waals surface area contributed by atoms with E-state index in [1.807, 2.05) is 14.1 Å². The van der Waals surface area contributed by atoms with Gasteiger partial charge in [0.05, 0.1) is 5.25 Å². The predicted molar refractivity (Wildman–Crippen MR) is 67.4 cm³/mol. The van der Waals surface area contributed by atoms with E-state index in [1.54, 1.807) is 0 Å². The van der Waals surface area contributed by atoms with Gasteiger partial charge in [0.2, 0.25) is 0 Å². The van der Waals surface area contributed by atoms with Crippen LogP contribution in [-0.4, -0.2) is 58.1 Å². The summed E-state index contributed by atoms with van der Waals surface area (Å²) in [5.74, 6) is 0. The summed E-state index contributed by atoms with van der Waals surface area (Å²) in [4.78, 5) is 2.13. The Morgan fingerprint density at radius 1 is 1.31 bits per heavy atom. The smallest absolute Gasteiger partial charge is 0.150 e. The Balaban J connectivity index is 2.34. The zero-order chi connectivity index (χ0) is 12.2. The van der Waals surface area contributed by atoms with E-state index in [0.717, 1.165) is 38.8 Å². The first kappa shape index (κ1) is 13.9. The summed E-state index contributed by atoms with van der Waals surface area (Å²) >= 11 is 0. The summed E-state index contributed by atoms with van der Waals surface area (Å²) < 4.78 is 23.0. The molecule has 0 aromatic rings. The Morgan fingerprint density at radius 2 is 2.00 bits per heavy atom. The lowest BCUT2D eigenvalue weighted by molar-refractivity contribution is 0.339. The van der Waals surface area contributed by atoms with E-state index in [9.17, 15) is 8.42 Å². The molecule has 0 heterocycles. The molecule has 2 atom stereocenters. The van der Waals surface area contributed by atoms with Gasteiger partial charge in [-0.05, 0) is 33.4 Å². The monoisotopic (exact) mass is 248 g/mol. The van der Waals surface area contributed by atoms with Gasteiger partial charge < -0.3 is 10.2 Å². The highest BCUT2D eigenvalue weighted by Crippen LogP contribution is 2.23.